The van der Waals surface area contributed by atoms with Gasteiger partial charge in [-0.25, -0.2) is 4.79 Å². The van der Waals surface area contributed by atoms with Crippen LogP contribution in [0.5, 0.6) is 0 Å². The monoisotopic (exact) mass is 269 g/mol. The van der Waals surface area contributed by atoms with Gasteiger partial charge in [0.2, 0.25) is 0 Å². The first-order valence-electron chi connectivity index (χ1n) is 6.22. The van der Waals surface area contributed by atoms with Crippen LogP contribution in [0.1, 0.15) is 21.5 Å². The number of aldehydes is 1. The maximum Gasteiger partial charge on any atom is 0.404 e. The number of amides is 1. The third-order valence-corrected chi connectivity index (χ3v) is 3.10. The Balaban J connectivity index is 2.48. The highest BCUT2D eigenvalue weighted by molar-refractivity contribution is 5.80. The Morgan fingerprint density at radius 3 is 2.70 bits per heavy atom. The van der Waals surface area contributed by atoms with E-state index in [0.29, 0.717) is 5.56 Å². The number of aryl methyl sites for hydroxylation is 1. The van der Waals surface area contributed by atoms with Crippen LogP contribution in [0, 0.1) is 6.92 Å². The second-order valence-electron chi connectivity index (χ2n) is 4.51. The van der Waals surface area contributed by atoms with E-state index in [1.165, 1.54) is 0 Å². The van der Waals surface area contributed by atoms with Crippen molar-refractivity contribution in [1.29, 1.82) is 0 Å². The first-order valence-corrected chi connectivity index (χ1v) is 6.22. The number of carbonyl (C=O) groups excluding carboxylic acids is 1. The van der Waals surface area contributed by atoms with Gasteiger partial charge in [-0.3, -0.25) is 4.79 Å². The van der Waals surface area contributed by atoms with E-state index in [2.05, 4.69) is 5.32 Å². The normalized spacial score (nSPS) is 10.1. The van der Waals surface area contributed by atoms with Gasteiger partial charge in [0.1, 0.15) is 6.29 Å². The number of hydrogen-bond donors (Lipinski definition) is 2. The van der Waals surface area contributed by atoms with E-state index in [1.807, 2.05) is 37.3 Å². The highest BCUT2D eigenvalue weighted by Gasteiger charge is 2.09. The fourth-order valence-electron chi connectivity index (χ4n) is 2.23. The number of nitrogens with one attached hydrogen (secondary N) is 1. The van der Waals surface area contributed by atoms with Gasteiger partial charge in [-0.2, -0.15) is 0 Å². The number of hydrogen-bond acceptors (Lipinski definition) is 2. The Bertz CT molecular complexity index is 650. The van der Waals surface area contributed by atoms with Crippen molar-refractivity contribution in [3.63, 3.8) is 0 Å². The van der Waals surface area contributed by atoms with E-state index in [1.54, 1.807) is 12.1 Å². The molecule has 0 aliphatic heterocycles. The van der Waals surface area contributed by atoms with Crippen molar-refractivity contribution >= 4 is 12.4 Å². The summed E-state index contributed by atoms with van der Waals surface area (Å²) < 4.78 is 0. The minimum atomic E-state index is -1.06. The molecule has 2 aromatic carbocycles. The average molecular weight is 269 g/mol. The number of carboxylic acid groups (broad SMARTS) is 1. The second kappa shape index (κ2) is 6.02. The van der Waals surface area contributed by atoms with Crippen LogP contribution in [-0.4, -0.2) is 17.5 Å². The van der Waals surface area contributed by atoms with Crippen molar-refractivity contribution in [2.45, 2.75) is 13.5 Å². The lowest BCUT2D eigenvalue weighted by atomic mass is 9.94. The van der Waals surface area contributed by atoms with Crippen LogP contribution in [0.3, 0.4) is 0 Å². The summed E-state index contributed by atoms with van der Waals surface area (Å²) in [5.41, 5.74) is 4.40. The number of carbonyl (C=O) groups is 2. The third-order valence-electron chi connectivity index (χ3n) is 3.10. The molecular formula is C16H15NO3. The summed E-state index contributed by atoms with van der Waals surface area (Å²) >= 11 is 0. The number of rotatable bonds is 4. The highest BCUT2D eigenvalue weighted by Crippen LogP contribution is 2.28. The molecular weight excluding hydrogens is 254 g/mol. The van der Waals surface area contributed by atoms with Crippen LogP contribution in [0.15, 0.2) is 42.5 Å². The summed E-state index contributed by atoms with van der Waals surface area (Å²) in [6.07, 6.45) is -0.254. The Labute approximate surface area is 117 Å². The van der Waals surface area contributed by atoms with E-state index in [0.717, 1.165) is 28.5 Å². The molecule has 0 heterocycles. The minimum Gasteiger partial charge on any atom is -0.465 e. The topological polar surface area (TPSA) is 66.4 Å². The van der Waals surface area contributed by atoms with Gasteiger partial charge in [-0.1, -0.05) is 36.4 Å². The van der Waals surface area contributed by atoms with Gasteiger partial charge in [0.05, 0.1) is 0 Å². The molecule has 2 rings (SSSR count). The summed E-state index contributed by atoms with van der Waals surface area (Å²) in [6, 6.07) is 13.0. The highest BCUT2D eigenvalue weighted by atomic mass is 16.4. The summed E-state index contributed by atoms with van der Waals surface area (Å²) in [5.74, 6) is 0. The molecule has 0 bridgehead atoms. The fourth-order valence-corrected chi connectivity index (χ4v) is 2.23. The van der Waals surface area contributed by atoms with Gasteiger partial charge < -0.3 is 10.4 Å². The standard InChI is InChI=1S/C16H15NO3/c1-11-4-2-7-14(9-17-16(19)20)15(11)13-6-3-5-12(8-13)10-18/h2-8,10,17H,9H2,1H3,(H,19,20). The zero-order valence-electron chi connectivity index (χ0n) is 11.1. The van der Waals surface area contributed by atoms with E-state index >= 15 is 0 Å². The maximum absolute atomic E-state index is 10.9. The van der Waals surface area contributed by atoms with E-state index < -0.39 is 6.09 Å². The van der Waals surface area contributed by atoms with E-state index in [-0.39, 0.29) is 6.54 Å². The second-order valence-corrected chi connectivity index (χ2v) is 4.51. The molecule has 0 saturated heterocycles. The van der Waals surface area contributed by atoms with Crippen molar-refractivity contribution in [3.05, 3.63) is 59.2 Å². The molecule has 0 atom stereocenters. The van der Waals surface area contributed by atoms with Crippen LogP contribution < -0.4 is 5.32 Å². The van der Waals surface area contributed by atoms with Crippen LogP contribution in [-0.2, 0) is 6.54 Å². The van der Waals surface area contributed by atoms with Crippen LogP contribution in [0.4, 0.5) is 4.79 Å². The van der Waals surface area contributed by atoms with Crippen molar-refractivity contribution in [3.8, 4) is 11.1 Å². The predicted octanol–water partition coefficient (Wildman–Crippen LogP) is 3.24. The van der Waals surface area contributed by atoms with Crippen molar-refractivity contribution < 1.29 is 14.7 Å². The van der Waals surface area contributed by atoms with Gasteiger partial charge in [0, 0.05) is 12.1 Å². The molecule has 0 unspecified atom stereocenters. The quantitative estimate of drug-likeness (QED) is 0.837. The lowest BCUT2D eigenvalue weighted by molar-refractivity contribution is 0.112. The van der Waals surface area contributed by atoms with Crippen molar-refractivity contribution in [2.75, 3.05) is 0 Å². The smallest absolute Gasteiger partial charge is 0.404 e. The molecule has 0 spiro atoms. The average Bonchev–Trinajstić information content (AvgIpc) is 2.45. The van der Waals surface area contributed by atoms with Crippen LogP contribution in [0.2, 0.25) is 0 Å². The minimum absolute atomic E-state index is 0.234. The zero-order chi connectivity index (χ0) is 14.5. The lowest BCUT2D eigenvalue weighted by Crippen LogP contribution is -2.20. The largest absolute Gasteiger partial charge is 0.465 e. The molecule has 20 heavy (non-hydrogen) atoms. The van der Waals surface area contributed by atoms with E-state index in [4.69, 9.17) is 5.11 Å². The third kappa shape index (κ3) is 3.03. The Hall–Kier alpha value is -2.62. The number of benzene rings is 2. The molecule has 2 N–H and O–H groups in total. The first-order chi connectivity index (χ1) is 9.61. The van der Waals surface area contributed by atoms with E-state index in [9.17, 15) is 9.59 Å². The van der Waals surface area contributed by atoms with Crippen molar-refractivity contribution in [2.24, 2.45) is 0 Å². The zero-order valence-corrected chi connectivity index (χ0v) is 11.1. The Morgan fingerprint density at radius 2 is 2.00 bits per heavy atom. The molecule has 4 nitrogen and oxygen atoms in total. The fraction of sp³-hybridized carbons (Fsp3) is 0.125. The molecule has 0 fully saturated rings. The predicted molar refractivity (Wildman–Crippen MR) is 76.9 cm³/mol. The lowest BCUT2D eigenvalue weighted by Gasteiger charge is -2.13. The van der Waals surface area contributed by atoms with Gasteiger partial charge in [0.25, 0.3) is 0 Å². The molecule has 1 amide bonds. The summed E-state index contributed by atoms with van der Waals surface area (Å²) in [6.45, 7) is 2.20. The molecule has 0 saturated carbocycles. The van der Waals surface area contributed by atoms with Gasteiger partial charge in [-0.05, 0) is 35.2 Å². The van der Waals surface area contributed by atoms with Crippen LogP contribution in [0.25, 0.3) is 11.1 Å². The molecule has 0 aromatic heterocycles. The Morgan fingerprint density at radius 1 is 1.25 bits per heavy atom. The molecule has 4 heteroatoms. The molecule has 0 radical (unpaired) electrons. The van der Waals surface area contributed by atoms with Gasteiger partial charge in [-0.15, -0.1) is 0 Å². The summed E-state index contributed by atoms with van der Waals surface area (Å²) in [5, 5.41) is 11.1. The Kier molecular flexibility index (Phi) is 4.15. The SMILES string of the molecule is Cc1cccc(CNC(=O)O)c1-c1cccc(C=O)c1. The first kappa shape index (κ1) is 13.8. The van der Waals surface area contributed by atoms with Crippen LogP contribution >= 0.6 is 0 Å². The van der Waals surface area contributed by atoms with Crippen molar-refractivity contribution in [1.82, 2.24) is 5.32 Å². The molecule has 2 aromatic rings. The summed E-state index contributed by atoms with van der Waals surface area (Å²) in [4.78, 5) is 21.5. The summed E-state index contributed by atoms with van der Waals surface area (Å²) in [7, 11) is 0. The molecule has 0 aliphatic rings. The van der Waals surface area contributed by atoms with Gasteiger partial charge >= 0.3 is 6.09 Å². The van der Waals surface area contributed by atoms with Gasteiger partial charge in [0.15, 0.2) is 0 Å². The maximum atomic E-state index is 10.9. The molecule has 102 valence electrons. The molecule has 0 aliphatic carbocycles.